The summed E-state index contributed by atoms with van der Waals surface area (Å²) in [6.45, 7) is 7.97. The maximum Gasteiger partial charge on any atom is 0.335 e. The molecule has 5 nitrogen and oxygen atoms in total. The molecule has 1 aliphatic heterocycles. The normalized spacial score (nSPS) is 19.1. The van der Waals surface area contributed by atoms with Crippen LogP contribution in [0.2, 0.25) is 0 Å². The number of nitrogens with zero attached hydrogens (tertiary/aromatic N) is 1. The number of hydrogen-bond acceptors (Lipinski definition) is 4. The quantitative estimate of drug-likeness (QED) is 0.917. The van der Waals surface area contributed by atoms with Gasteiger partial charge in [0, 0.05) is 24.0 Å². The molecule has 1 atom stereocenters. The topological polar surface area (TPSA) is 68.7 Å². The van der Waals surface area contributed by atoms with E-state index in [-0.39, 0.29) is 11.0 Å². The van der Waals surface area contributed by atoms with Crippen molar-refractivity contribution in [2.45, 2.75) is 32.6 Å². The molecule has 5 heteroatoms. The lowest BCUT2D eigenvalue weighted by Crippen LogP contribution is -2.17. The van der Waals surface area contributed by atoms with Gasteiger partial charge in [0.2, 0.25) is 5.88 Å². The largest absolute Gasteiger partial charge is 0.478 e. The van der Waals surface area contributed by atoms with E-state index in [0.29, 0.717) is 25.0 Å². The highest BCUT2D eigenvalue weighted by Gasteiger charge is 2.21. The van der Waals surface area contributed by atoms with Gasteiger partial charge < -0.3 is 14.6 Å². The molecule has 0 bridgehead atoms. The molecule has 1 aliphatic rings. The Balaban J connectivity index is 2.17. The SMILES string of the molecule is CC(C)(C)c1cc(C(=O)O)cc(OCC2CCOC2)n1. The van der Waals surface area contributed by atoms with Gasteiger partial charge in [-0.2, -0.15) is 0 Å². The summed E-state index contributed by atoms with van der Waals surface area (Å²) < 4.78 is 11.0. The van der Waals surface area contributed by atoms with Crippen molar-refractivity contribution in [1.82, 2.24) is 4.98 Å². The third-order valence-corrected chi connectivity index (χ3v) is 3.31. The van der Waals surface area contributed by atoms with Crippen molar-refractivity contribution in [1.29, 1.82) is 0 Å². The smallest absolute Gasteiger partial charge is 0.335 e. The van der Waals surface area contributed by atoms with Gasteiger partial charge in [-0.05, 0) is 12.5 Å². The molecule has 110 valence electrons. The van der Waals surface area contributed by atoms with Crippen molar-refractivity contribution in [3.8, 4) is 5.88 Å². The Morgan fingerprint density at radius 1 is 1.50 bits per heavy atom. The molecule has 1 aromatic heterocycles. The van der Waals surface area contributed by atoms with Gasteiger partial charge in [-0.25, -0.2) is 9.78 Å². The van der Waals surface area contributed by atoms with Crippen LogP contribution in [0.25, 0.3) is 0 Å². The van der Waals surface area contributed by atoms with Crippen LogP contribution in [0, 0.1) is 5.92 Å². The second-order valence-corrected chi connectivity index (χ2v) is 6.18. The van der Waals surface area contributed by atoms with Crippen LogP contribution in [0.3, 0.4) is 0 Å². The van der Waals surface area contributed by atoms with E-state index < -0.39 is 5.97 Å². The predicted molar refractivity (Wildman–Crippen MR) is 74.3 cm³/mol. The lowest BCUT2D eigenvalue weighted by molar-refractivity contribution is 0.0695. The Labute approximate surface area is 118 Å². The first-order chi connectivity index (χ1) is 9.36. The number of pyridine rings is 1. The first-order valence-corrected chi connectivity index (χ1v) is 6.82. The minimum atomic E-state index is -0.966. The van der Waals surface area contributed by atoms with E-state index in [1.165, 1.54) is 6.07 Å². The summed E-state index contributed by atoms with van der Waals surface area (Å²) in [7, 11) is 0. The fourth-order valence-electron chi connectivity index (χ4n) is 2.00. The standard InChI is InChI=1S/C15H21NO4/c1-15(2,3)12-6-11(14(17)18)7-13(16-12)20-9-10-4-5-19-8-10/h6-7,10H,4-5,8-9H2,1-3H3,(H,17,18). The van der Waals surface area contributed by atoms with E-state index in [2.05, 4.69) is 4.98 Å². The number of rotatable bonds is 4. The van der Waals surface area contributed by atoms with Gasteiger partial charge >= 0.3 is 5.97 Å². The number of hydrogen-bond donors (Lipinski definition) is 1. The molecule has 1 N–H and O–H groups in total. The molecular formula is C15H21NO4. The minimum absolute atomic E-state index is 0.211. The van der Waals surface area contributed by atoms with Gasteiger partial charge in [0.25, 0.3) is 0 Å². The maximum atomic E-state index is 11.2. The molecule has 0 aromatic carbocycles. The lowest BCUT2D eigenvalue weighted by Gasteiger charge is -2.19. The number of carbonyl (C=O) groups is 1. The molecule has 0 aliphatic carbocycles. The Morgan fingerprint density at radius 3 is 2.80 bits per heavy atom. The van der Waals surface area contributed by atoms with Crippen molar-refractivity contribution in [2.24, 2.45) is 5.92 Å². The second kappa shape index (κ2) is 5.79. The first-order valence-electron chi connectivity index (χ1n) is 6.82. The van der Waals surface area contributed by atoms with Crippen molar-refractivity contribution in [3.63, 3.8) is 0 Å². The molecule has 1 aromatic rings. The highest BCUT2D eigenvalue weighted by atomic mass is 16.5. The Hall–Kier alpha value is -1.62. The zero-order valence-corrected chi connectivity index (χ0v) is 12.2. The first kappa shape index (κ1) is 14.8. The van der Waals surface area contributed by atoms with Crippen LogP contribution >= 0.6 is 0 Å². The molecule has 20 heavy (non-hydrogen) atoms. The van der Waals surface area contributed by atoms with E-state index in [4.69, 9.17) is 9.47 Å². The number of aromatic carboxylic acids is 1. The van der Waals surface area contributed by atoms with Gasteiger partial charge in [0.15, 0.2) is 0 Å². The molecule has 0 amide bonds. The summed E-state index contributed by atoms with van der Waals surface area (Å²) >= 11 is 0. The third kappa shape index (κ3) is 3.70. The number of ether oxygens (including phenoxy) is 2. The van der Waals surface area contributed by atoms with Crippen LogP contribution in [-0.2, 0) is 10.2 Å². The van der Waals surface area contributed by atoms with Gasteiger partial charge in [-0.3, -0.25) is 0 Å². The van der Waals surface area contributed by atoms with Crippen molar-refractivity contribution >= 4 is 5.97 Å². The molecule has 1 fully saturated rings. The average molecular weight is 279 g/mol. The summed E-state index contributed by atoms with van der Waals surface area (Å²) in [4.78, 5) is 15.6. The van der Waals surface area contributed by atoms with Gasteiger partial charge in [-0.1, -0.05) is 20.8 Å². The number of aromatic nitrogens is 1. The average Bonchev–Trinajstić information content (AvgIpc) is 2.88. The van der Waals surface area contributed by atoms with E-state index in [1.54, 1.807) is 6.07 Å². The highest BCUT2D eigenvalue weighted by Crippen LogP contribution is 2.25. The van der Waals surface area contributed by atoms with Crippen LogP contribution < -0.4 is 4.74 Å². The van der Waals surface area contributed by atoms with Crippen LogP contribution in [0.1, 0.15) is 43.2 Å². The summed E-state index contributed by atoms with van der Waals surface area (Å²) in [5, 5.41) is 9.18. The minimum Gasteiger partial charge on any atom is -0.478 e. The maximum absolute atomic E-state index is 11.2. The molecule has 2 heterocycles. The summed E-state index contributed by atoms with van der Waals surface area (Å²) in [5.74, 6) is -0.225. The van der Waals surface area contributed by atoms with Gasteiger partial charge in [0.1, 0.15) is 0 Å². The summed E-state index contributed by atoms with van der Waals surface area (Å²) in [6, 6.07) is 3.08. The van der Waals surface area contributed by atoms with Gasteiger partial charge in [0.05, 0.1) is 24.5 Å². The molecule has 0 saturated carbocycles. The van der Waals surface area contributed by atoms with Crippen LogP contribution in [0.15, 0.2) is 12.1 Å². The zero-order valence-electron chi connectivity index (χ0n) is 12.2. The number of carboxylic acid groups (broad SMARTS) is 1. The number of carboxylic acids is 1. The molecule has 0 spiro atoms. The van der Waals surface area contributed by atoms with E-state index in [1.807, 2.05) is 20.8 Å². The highest BCUT2D eigenvalue weighted by molar-refractivity contribution is 5.88. The second-order valence-electron chi connectivity index (χ2n) is 6.18. The Morgan fingerprint density at radius 2 is 2.25 bits per heavy atom. The zero-order chi connectivity index (χ0) is 14.8. The Kier molecular flexibility index (Phi) is 4.28. The van der Waals surface area contributed by atoms with Crippen molar-refractivity contribution < 1.29 is 19.4 Å². The monoisotopic (exact) mass is 279 g/mol. The third-order valence-electron chi connectivity index (χ3n) is 3.31. The van der Waals surface area contributed by atoms with E-state index >= 15 is 0 Å². The molecular weight excluding hydrogens is 258 g/mol. The molecule has 0 radical (unpaired) electrons. The molecule has 1 saturated heterocycles. The fourth-order valence-corrected chi connectivity index (χ4v) is 2.00. The van der Waals surface area contributed by atoms with Crippen LogP contribution in [-0.4, -0.2) is 35.9 Å². The Bertz CT molecular complexity index is 487. The van der Waals surface area contributed by atoms with Gasteiger partial charge in [-0.15, -0.1) is 0 Å². The molecule has 1 unspecified atom stereocenters. The predicted octanol–water partition coefficient (Wildman–Crippen LogP) is 2.49. The van der Waals surface area contributed by atoms with Crippen LogP contribution in [0.4, 0.5) is 0 Å². The van der Waals surface area contributed by atoms with Crippen LogP contribution in [0.5, 0.6) is 5.88 Å². The summed E-state index contributed by atoms with van der Waals surface area (Å²) in [6.07, 6.45) is 0.977. The summed E-state index contributed by atoms with van der Waals surface area (Å²) in [5.41, 5.74) is 0.706. The van der Waals surface area contributed by atoms with Crippen molar-refractivity contribution in [2.75, 3.05) is 19.8 Å². The molecule has 2 rings (SSSR count). The fraction of sp³-hybridized carbons (Fsp3) is 0.600. The van der Waals surface area contributed by atoms with Crippen molar-refractivity contribution in [3.05, 3.63) is 23.4 Å². The lowest BCUT2D eigenvalue weighted by atomic mass is 9.91. The van der Waals surface area contributed by atoms with E-state index in [9.17, 15) is 9.90 Å². The van der Waals surface area contributed by atoms with E-state index in [0.717, 1.165) is 18.7 Å².